The summed E-state index contributed by atoms with van der Waals surface area (Å²) in [4.78, 5) is 0.275. The number of hydrogen-bond acceptors (Lipinski definition) is 5. The Labute approximate surface area is 210 Å². The Morgan fingerprint density at radius 2 is 1.65 bits per heavy atom. The highest BCUT2D eigenvalue weighted by atomic mass is 35.5. The van der Waals surface area contributed by atoms with Gasteiger partial charge in [-0.2, -0.15) is 0 Å². The summed E-state index contributed by atoms with van der Waals surface area (Å²) < 4.78 is 24.0. The van der Waals surface area contributed by atoms with Crippen LogP contribution >= 0.6 is 23.2 Å². The predicted molar refractivity (Wildman–Crippen MR) is 140 cm³/mol. The lowest BCUT2D eigenvalue weighted by Crippen LogP contribution is -2.49. The predicted octanol–water partition coefficient (Wildman–Crippen LogP) is 5.79. The minimum atomic E-state index is -3.31. The van der Waals surface area contributed by atoms with Gasteiger partial charge in [0.2, 0.25) is 0 Å². The van der Waals surface area contributed by atoms with E-state index in [-0.39, 0.29) is 4.90 Å². The summed E-state index contributed by atoms with van der Waals surface area (Å²) in [6, 6.07) is 19.7. The molecule has 0 bridgehead atoms. The molecule has 1 aliphatic heterocycles. The highest BCUT2D eigenvalue weighted by Crippen LogP contribution is 2.42. The van der Waals surface area contributed by atoms with Crippen molar-refractivity contribution in [3.05, 3.63) is 87.9 Å². The molecule has 2 N–H and O–H groups in total. The van der Waals surface area contributed by atoms with Gasteiger partial charge in [-0.25, -0.2) is 13.8 Å². The number of hydrogen-bond donors (Lipinski definition) is 2. The number of hydrazine groups is 1. The SMILES string of the molecule is Cc1cc(-c2cccc(S(C)(=O)=O)c2)ccc1N1NC(C(C)(C)O)C(Cl)=C1c1ccccc1Cl. The number of nitrogens with one attached hydrogen (secondary N) is 1. The molecule has 1 heterocycles. The number of sulfone groups is 1. The van der Waals surface area contributed by atoms with E-state index in [1.165, 1.54) is 6.26 Å². The quantitative estimate of drug-likeness (QED) is 0.449. The fraction of sp³-hybridized carbons (Fsp3) is 0.231. The number of halogens is 2. The van der Waals surface area contributed by atoms with E-state index in [0.717, 1.165) is 27.9 Å². The summed E-state index contributed by atoms with van der Waals surface area (Å²) in [5.41, 5.74) is 7.10. The molecule has 178 valence electrons. The molecule has 8 heteroatoms. The molecule has 0 radical (unpaired) electrons. The van der Waals surface area contributed by atoms with Crippen molar-refractivity contribution in [2.45, 2.75) is 37.3 Å². The van der Waals surface area contributed by atoms with E-state index in [9.17, 15) is 13.5 Å². The normalized spacial score (nSPS) is 16.9. The maximum Gasteiger partial charge on any atom is 0.175 e. The van der Waals surface area contributed by atoms with Gasteiger partial charge >= 0.3 is 0 Å². The van der Waals surface area contributed by atoms with E-state index in [1.807, 2.05) is 54.4 Å². The van der Waals surface area contributed by atoms with Crippen LogP contribution in [0.1, 0.15) is 25.0 Å². The van der Waals surface area contributed by atoms with Gasteiger partial charge in [-0.05, 0) is 67.8 Å². The van der Waals surface area contributed by atoms with Crippen LogP contribution < -0.4 is 10.4 Å². The maximum absolute atomic E-state index is 12.0. The molecule has 1 unspecified atom stereocenters. The van der Waals surface area contributed by atoms with E-state index in [4.69, 9.17) is 23.2 Å². The summed E-state index contributed by atoms with van der Waals surface area (Å²) >= 11 is 13.3. The number of nitrogens with zero attached hydrogens (tertiary/aromatic N) is 1. The van der Waals surface area contributed by atoms with Crippen molar-refractivity contribution in [2.24, 2.45) is 0 Å². The van der Waals surface area contributed by atoms with Crippen LogP contribution in [0.2, 0.25) is 5.02 Å². The van der Waals surface area contributed by atoms with Crippen LogP contribution in [0.15, 0.2) is 76.7 Å². The Kier molecular flexibility index (Phi) is 6.57. The fourth-order valence-corrected chi connectivity index (χ4v) is 5.44. The van der Waals surface area contributed by atoms with Crippen LogP contribution in [-0.4, -0.2) is 31.4 Å². The third-order valence-electron chi connectivity index (χ3n) is 5.83. The molecule has 34 heavy (non-hydrogen) atoms. The minimum Gasteiger partial charge on any atom is -0.388 e. The zero-order chi connectivity index (χ0) is 24.8. The Morgan fingerprint density at radius 3 is 2.26 bits per heavy atom. The third-order valence-corrected chi connectivity index (χ3v) is 7.67. The molecule has 1 aliphatic rings. The van der Waals surface area contributed by atoms with Crippen molar-refractivity contribution < 1.29 is 13.5 Å². The first-order valence-electron chi connectivity index (χ1n) is 10.7. The molecule has 0 fully saturated rings. The first-order valence-corrected chi connectivity index (χ1v) is 13.4. The van der Waals surface area contributed by atoms with Crippen molar-refractivity contribution in [1.82, 2.24) is 5.43 Å². The third kappa shape index (κ3) is 4.74. The van der Waals surface area contributed by atoms with Crippen LogP contribution in [-0.2, 0) is 9.84 Å². The second kappa shape index (κ2) is 9.02. The lowest BCUT2D eigenvalue weighted by Gasteiger charge is -2.30. The van der Waals surface area contributed by atoms with Gasteiger partial charge in [-0.15, -0.1) is 0 Å². The van der Waals surface area contributed by atoms with Crippen LogP contribution in [0.25, 0.3) is 16.8 Å². The summed E-state index contributed by atoms with van der Waals surface area (Å²) in [6.07, 6.45) is 1.20. The van der Waals surface area contributed by atoms with Gasteiger partial charge in [-0.1, -0.05) is 59.6 Å². The monoisotopic (exact) mass is 516 g/mol. The molecule has 3 aromatic rings. The average molecular weight is 517 g/mol. The highest BCUT2D eigenvalue weighted by molar-refractivity contribution is 7.90. The smallest absolute Gasteiger partial charge is 0.175 e. The molecule has 0 saturated carbocycles. The van der Waals surface area contributed by atoms with E-state index in [2.05, 4.69) is 5.43 Å². The second-order valence-corrected chi connectivity index (χ2v) is 11.9. The number of aryl methyl sites for hydroxylation is 1. The zero-order valence-electron chi connectivity index (χ0n) is 19.3. The topological polar surface area (TPSA) is 69.6 Å². The van der Waals surface area contributed by atoms with Crippen LogP contribution in [0, 0.1) is 6.92 Å². The molecular formula is C26H26Cl2N2O3S. The van der Waals surface area contributed by atoms with Crippen molar-refractivity contribution in [2.75, 3.05) is 11.3 Å². The number of aliphatic hydroxyl groups is 1. The summed E-state index contributed by atoms with van der Waals surface area (Å²) in [6.45, 7) is 5.37. The molecule has 1 atom stereocenters. The average Bonchev–Trinajstić information content (AvgIpc) is 3.10. The van der Waals surface area contributed by atoms with Crippen molar-refractivity contribution in [3.63, 3.8) is 0 Å². The van der Waals surface area contributed by atoms with E-state index >= 15 is 0 Å². The lowest BCUT2D eigenvalue weighted by molar-refractivity contribution is 0.0560. The van der Waals surface area contributed by atoms with Gasteiger partial charge in [-0.3, -0.25) is 5.01 Å². The Morgan fingerprint density at radius 1 is 0.971 bits per heavy atom. The van der Waals surface area contributed by atoms with Crippen LogP contribution in [0.3, 0.4) is 0 Å². The van der Waals surface area contributed by atoms with Gasteiger partial charge in [0.15, 0.2) is 9.84 Å². The molecule has 4 rings (SSSR count). The van der Waals surface area contributed by atoms with E-state index < -0.39 is 21.5 Å². The van der Waals surface area contributed by atoms with Crippen LogP contribution in [0.5, 0.6) is 0 Å². The fourth-order valence-electron chi connectivity index (χ4n) is 4.05. The maximum atomic E-state index is 12.0. The summed E-state index contributed by atoms with van der Waals surface area (Å²) in [7, 11) is -3.31. The van der Waals surface area contributed by atoms with E-state index in [0.29, 0.717) is 15.8 Å². The van der Waals surface area contributed by atoms with Gasteiger partial charge in [0.25, 0.3) is 0 Å². The molecule has 0 spiro atoms. The van der Waals surface area contributed by atoms with Gasteiger partial charge in [0.1, 0.15) is 0 Å². The summed E-state index contributed by atoms with van der Waals surface area (Å²) in [5, 5.41) is 13.6. The first-order chi connectivity index (χ1) is 15.9. The molecule has 0 saturated heterocycles. The second-order valence-electron chi connectivity index (χ2n) is 9.03. The Bertz CT molecular complexity index is 1400. The number of benzene rings is 3. The molecule has 3 aromatic carbocycles. The molecular weight excluding hydrogens is 491 g/mol. The van der Waals surface area contributed by atoms with Gasteiger partial charge < -0.3 is 5.11 Å². The van der Waals surface area contributed by atoms with Gasteiger partial charge in [0.05, 0.1) is 33.0 Å². The minimum absolute atomic E-state index is 0.275. The lowest BCUT2D eigenvalue weighted by atomic mass is 9.98. The summed E-state index contributed by atoms with van der Waals surface area (Å²) in [5.74, 6) is 0. The van der Waals surface area contributed by atoms with Crippen LogP contribution in [0.4, 0.5) is 5.69 Å². The van der Waals surface area contributed by atoms with Gasteiger partial charge in [0, 0.05) is 16.8 Å². The highest BCUT2D eigenvalue weighted by Gasteiger charge is 2.41. The van der Waals surface area contributed by atoms with Crippen molar-refractivity contribution in [3.8, 4) is 11.1 Å². The van der Waals surface area contributed by atoms with Crippen molar-refractivity contribution in [1.29, 1.82) is 0 Å². The largest absolute Gasteiger partial charge is 0.388 e. The Balaban J connectivity index is 1.80. The standard InChI is InChI=1S/C26H26Cl2N2O3S/c1-16-14-18(17-8-7-9-19(15-17)34(4,32)33)12-13-22(16)30-24(20-10-5-6-11-21(20)27)23(28)25(29-30)26(2,3)31/h5-15,25,29,31H,1-4H3. The van der Waals surface area contributed by atoms with Crippen molar-refractivity contribution >= 4 is 44.4 Å². The number of rotatable bonds is 5. The molecule has 0 aliphatic carbocycles. The van der Waals surface area contributed by atoms with E-state index in [1.54, 1.807) is 38.1 Å². The zero-order valence-corrected chi connectivity index (χ0v) is 21.6. The molecule has 5 nitrogen and oxygen atoms in total. The first kappa shape index (κ1) is 24.8. The molecule has 0 aromatic heterocycles. The number of anilines is 1. The molecule has 0 amide bonds. The Hall–Kier alpha value is -2.35.